The average Bonchev–Trinajstić information content (AvgIpc) is 1.87. The summed E-state index contributed by atoms with van der Waals surface area (Å²) in [6.07, 6.45) is 4.87. The van der Waals surface area contributed by atoms with Crippen LogP contribution in [0.4, 0.5) is 0 Å². The van der Waals surface area contributed by atoms with Crippen molar-refractivity contribution < 1.29 is 9.90 Å². The molecular formula is C8H14O2. The standard InChI is InChI=1S/C8H14O2/c1-3-7(2)5-4-6-8(9)10/h4,6-7H,3,5H2,1-2H3,(H,9,10)/b6-4+. The van der Waals surface area contributed by atoms with E-state index < -0.39 is 5.97 Å². The largest absolute Gasteiger partial charge is 0.478 e. The molecule has 0 rings (SSSR count). The third kappa shape index (κ3) is 5.35. The molecule has 0 radical (unpaired) electrons. The Morgan fingerprint density at radius 1 is 1.70 bits per heavy atom. The van der Waals surface area contributed by atoms with Gasteiger partial charge in [-0.25, -0.2) is 4.79 Å². The van der Waals surface area contributed by atoms with E-state index in [1.165, 1.54) is 6.08 Å². The van der Waals surface area contributed by atoms with E-state index in [1.807, 2.05) is 0 Å². The summed E-state index contributed by atoms with van der Waals surface area (Å²) in [4.78, 5) is 9.98. The van der Waals surface area contributed by atoms with Crippen LogP contribution >= 0.6 is 0 Å². The van der Waals surface area contributed by atoms with Crippen LogP contribution in [0.2, 0.25) is 0 Å². The Hall–Kier alpha value is -0.790. The molecule has 0 saturated heterocycles. The van der Waals surface area contributed by atoms with Crippen LogP contribution in [0.25, 0.3) is 0 Å². The Bertz CT molecular complexity index is 127. The molecule has 0 saturated carbocycles. The Labute approximate surface area is 61.6 Å². The van der Waals surface area contributed by atoms with Gasteiger partial charge in [-0.15, -0.1) is 0 Å². The summed E-state index contributed by atoms with van der Waals surface area (Å²) in [5.41, 5.74) is 0. The van der Waals surface area contributed by atoms with E-state index in [-0.39, 0.29) is 0 Å². The number of carboxylic acid groups (broad SMARTS) is 1. The summed E-state index contributed by atoms with van der Waals surface area (Å²) in [5.74, 6) is -0.265. The number of hydrogen-bond donors (Lipinski definition) is 1. The minimum Gasteiger partial charge on any atom is -0.478 e. The number of carbonyl (C=O) groups is 1. The molecule has 0 fully saturated rings. The topological polar surface area (TPSA) is 37.3 Å². The highest BCUT2D eigenvalue weighted by Gasteiger charge is 1.93. The molecule has 0 aromatic heterocycles. The van der Waals surface area contributed by atoms with Crippen molar-refractivity contribution in [3.05, 3.63) is 12.2 Å². The quantitative estimate of drug-likeness (QED) is 0.610. The fraction of sp³-hybridized carbons (Fsp3) is 0.625. The van der Waals surface area contributed by atoms with Crippen molar-refractivity contribution in [3.63, 3.8) is 0 Å². The van der Waals surface area contributed by atoms with E-state index >= 15 is 0 Å². The normalized spacial score (nSPS) is 13.8. The maximum atomic E-state index is 9.98. The SMILES string of the molecule is CCC(C)C/C=C/C(=O)O. The summed E-state index contributed by atoms with van der Waals surface area (Å²) in [7, 11) is 0. The highest BCUT2D eigenvalue weighted by molar-refractivity contribution is 5.79. The highest BCUT2D eigenvalue weighted by atomic mass is 16.4. The van der Waals surface area contributed by atoms with Crippen LogP contribution in [0.5, 0.6) is 0 Å². The van der Waals surface area contributed by atoms with Gasteiger partial charge in [0.1, 0.15) is 0 Å². The van der Waals surface area contributed by atoms with E-state index in [0.29, 0.717) is 5.92 Å². The van der Waals surface area contributed by atoms with Crippen molar-refractivity contribution in [2.24, 2.45) is 5.92 Å². The molecule has 0 aromatic rings. The lowest BCUT2D eigenvalue weighted by Crippen LogP contribution is -1.90. The number of rotatable bonds is 4. The first-order valence-electron chi connectivity index (χ1n) is 3.56. The smallest absolute Gasteiger partial charge is 0.327 e. The van der Waals surface area contributed by atoms with Crippen molar-refractivity contribution in [2.75, 3.05) is 0 Å². The molecule has 0 aliphatic carbocycles. The molecular weight excluding hydrogens is 128 g/mol. The van der Waals surface area contributed by atoms with Crippen LogP contribution in [-0.2, 0) is 4.79 Å². The minimum atomic E-state index is -0.858. The lowest BCUT2D eigenvalue weighted by Gasteiger charge is -2.00. The van der Waals surface area contributed by atoms with Crippen molar-refractivity contribution >= 4 is 5.97 Å². The zero-order valence-corrected chi connectivity index (χ0v) is 6.50. The first-order valence-corrected chi connectivity index (χ1v) is 3.56. The van der Waals surface area contributed by atoms with E-state index in [9.17, 15) is 4.79 Å². The summed E-state index contributed by atoms with van der Waals surface area (Å²) >= 11 is 0. The van der Waals surface area contributed by atoms with Gasteiger partial charge < -0.3 is 5.11 Å². The van der Waals surface area contributed by atoms with Crippen molar-refractivity contribution in [1.82, 2.24) is 0 Å². The first-order chi connectivity index (χ1) is 4.66. The Balaban J connectivity index is 3.43. The summed E-state index contributed by atoms with van der Waals surface area (Å²) in [5, 5.41) is 8.21. The van der Waals surface area contributed by atoms with Crippen LogP contribution < -0.4 is 0 Å². The molecule has 1 unspecified atom stereocenters. The molecule has 1 atom stereocenters. The molecule has 0 aliphatic rings. The van der Waals surface area contributed by atoms with Crippen molar-refractivity contribution in [2.45, 2.75) is 26.7 Å². The molecule has 0 aromatic carbocycles. The van der Waals surface area contributed by atoms with E-state index in [1.54, 1.807) is 6.08 Å². The van der Waals surface area contributed by atoms with Crippen LogP contribution in [0.1, 0.15) is 26.7 Å². The van der Waals surface area contributed by atoms with E-state index in [0.717, 1.165) is 12.8 Å². The lowest BCUT2D eigenvalue weighted by molar-refractivity contribution is -0.131. The van der Waals surface area contributed by atoms with Crippen molar-refractivity contribution in [1.29, 1.82) is 0 Å². The van der Waals surface area contributed by atoms with Gasteiger partial charge in [-0.1, -0.05) is 26.3 Å². The number of hydrogen-bond acceptors (Lipinski definition) is 1. The fourth-order valence-corrected chi connectivity index (χ4v) is 0.568. The van der Waals surface area contributed by atoms with Gasteiger partial charge in [0.15, 0.2) is 0 Å². The molecule has 1 N–H and O–H groups in total. The molecule has 0 spiro atoms. The van der Waals surface area contributed by atoms with Gasteiger partial charge in [-0.3, -0.25) is 0 Å². The third-order valence-corrected chi connectivity index (χ3v) is 1.50. The second-order valence-corrected chi connectivity index (χ2v) is 2.49. The summed E-state index contributed by atoms with van der Waals surface area (Å²) in [6, 6.07) is 0. The molecule has 0 heterocycles. The maximum absolute atomic E-state index is 9.98. The third-order valence-electron chi connectivity index (χ3n) is 1.50. The van der Waals surface area contributed by atoms with Gasteiger partial charge in [-0.2, -0.15) is 0 Å². The Morgan fingerprint density at radius 2 is 2.30 bits per heavy atom. The highest BCUT2D eigenvalue weighted by Crippen LogP contribution is 2.05. The molecule has 58 valence electrons. The Morgan fingerprint density at radius 3 is 2.70 bits per heavy atom. The van der Waals surface area contributed by atoms with E-state index in [2.05, 4.69) is 13.8 Å². The van der Waals surface area contributed by atoms with Crippen LogP contribution in [0.15, 0.2) is 12.2 Å². The Kier molecular flexibility index (Phi) is 4.63. The molecule has 2 heteroatoms. The monoisotopic (exact) mass is 142 g/mol. The van der Waals surface area contributed by atoms with Crippen molar-refractivity contribution in [3.8, 4) is 0 Å². The van der Waals surface area contributed by atoms with Crippen LogP contribution in [0.3, 0.4) is 0 Å². The average molecular weight is 142 g/mol. The van der Waals surface area contributed by atoms with Gasteiger partial charge in [0.05, 0.1) is 0 Å². The second-order valence-electron chi connectivity index (χ2n) is 2.49. The molecule has 10 heavy (non-hydrogen) atoms. The fourth-order valence-electron chi connectivity index (χ4n) is 0.568. The summed E-state index contributed by atoms with van der Waals surface area (Å²) in [6.45, 7) is 4.20. The number of aliphatic carboxylic acids is 1. The van der Waals surface area contributed by atoms with Gasteiger partial charge in [-0.05, 0) is 12.3 Å². The second kappa shape index (κ2) is 5.03. The maximum Gasteiger partial charge on any atom is 0.327 e. The van der Waals surface area contributed by atoms with Crippen LogP contribution in [-0.4, -0.2) is 11.1 Å². The van der Waals surface area contributed by atoms with E-state index in [4.69, 9.17) is 5.11 Å². The predicted octanol–water partition coefficient (Wildman–Crippen LogP) is 2.06. The van der Waals surface area contributed by atoms with Gasteiger partial charge in [0.25, 0.3) is 0 Å². The first kappa shape index (κ1) is 9.21. The minimum absolute atomic E-state index is 0.593. The molecule has 0 bridgehead atoms. The van der Waals surface area contributed by atoms with Gasteiger partial charge in [0, 0.05) is 6.08 Å². The van der Waals surface area contributed by atoms with Gasteiger partial charge >= 0.3 is 5.97 Å². The zero-order valence-electron chi connectivity index (χ0n) is 6.50. The molecule has 0 amide bonds. The number of allylic oxidation sites excluding steroid dienone is 1. The zero-order chi connectivity index (χ0) is 7.98. The van der Waals surface area contributed by atoms with Crippen LogP contribution in [0, 0.1) is 5.92 Å². The predicted molar refractivity (Wildman–Crippen MR) is 40.8 cm³/mol. The summed E-state index contributed by atoms with van der Waals surface area (Å²) < 4.78 is 0. The molecule has 0 aliphatic heterocycles. The number of carboxylic acids is 1. The molecule has 2 nitrogen and oxygen atoms in total. The lowest BCUT2D eigenvalue weighted by atomic mass is 10.1. The van der Waals surface area contributed by atoms with Gasteiger partial charge in [0.2, 0.25) is 0 Å².